The van der Waals surface area contributed by atoms with Gasteiger partial charge >= 0.3 is 5.97 Å². The summed E-state index contributed by atoms with van der Waals surface area (Å²) in [5, 5.41) is 8.63. The molecule has 0 fully saturated rings. The van der Waals surface area contributed by atoms with Crippen LogP contribution in [0.1, 0.15) is 51.5 Å². The molecule has 1 atom stereocenters. The zero-order valence-electron chi connectivity index (χ0n) is 14.9. The molecule has 4 heteroatoms. The summed E-state index contributed by atoms with van der Waals surface area (Å²) < 4.78 is 11.4. The summed E-state index contributed by atoms with van der Waals surface area (Å²) in [6.45, 7) is 6.47. The summed E-state index contributed by atoms with van der Waals surface area (Å²) in [4.78, 5) is 10.5. The number of carbonyl (C=O) groups is 1. The van der Waals surface area contributed by atoms with Gasteiger partial charge in [0.1, 0.15) is 5.75 Å². The number of rotatable bonds is 13. The summed E-state index contributed by atoms with van der Waals surface area (Å²) >= 11 is 0. The van der Waals surface area contributed by atoms with Crippen molar-refractivity contribution in [2.24, 2.45) is 5.92 Å². The van der Waals surface area contributed by atoms with E-state index in [9.17, 15) is 4.79 Å². The quantitative estimate of drug-likeness (QED) is 0.416. The van der Waals surface area contributed by atoms with Gasteiger partial charge in [0.2, 0.25) is 0 Å². The Morgan fingerprint density at radius 2 is 1.92 bits per heavy atom. The first-order valence-electron chi connectivity index (χ1n) is 8.87. The van der Waals surface area contributed by atoms with Crippen LogP contribution in [0.4, 0.5) is 0 Å². The Hall–Kier alpha value is -1.81. The van der Waals surface area contributed by atoms with Crippen LogP contribution >= 0.6 is 0 Å². The highest BCUT2D eigenvalue weighted by Gasteiger charge is 2.10. The minimum Gasteiger partial charge on any atom is -0.493 e. The molecule has 1 aromatic carbocycles. The minimum atomic E-state index is -0.945. The van der Waals surface area contributed by atoms with Gasteiger partial charge < -0.3 is 14.6 Å². The molecule has 1 unspecified atom stereocenters. The predicted octanol–water partition coefficient (Wildman–Crippen LogP) is 4.79. The number of unbranched alkanes of at least 4 members (excludes halogenated alkanes) is 2. The molecule has 0 saturated carbocycles. The fourth-order valence-corrected chi connectivity index (χ4v) is 2.45. The molecule has 0 aliphatic heterocycles. The SMILES string of the molecule is CCCCCC(CCOCC)COc1ccc(C=CC(=O)O)cc1. The van der Waals surface area contributed by atoms with Gasteiger partial charge in [-0.15, -0.1) is 0 Å². The van der Waals surface area contributed by atoms with Crippen LogP contribution in [0.3, 0.4) is 0 Å². The van der Waals surface area contributed by atoms with Crippen molar-refractivity contribution in [2.45, 2.75) is 46.0 Å². The molecule has 0 aliphatic rings. The molecule has 0 aromatic heterocycles. The zero-order chi connectivity index (χ0) is 17.6. The molecule has 134 valence electrons. The first-order valence-corrected chi connectivity index (χ1v) is 8.87. The smallest absolute Gasteiger partial charge is 0.328 e. The summed E-state index contributed by atoms with van der Waals surface area (Å²) in [5.74, 6) is 0.383. The van der Waals surface area contributed by atoms with E-state index < -0.39 is 5.97 Å². The first-order chi connectivity index (χ1) is 11.7. The van der Waals surface area contributed by atoms with Gasteiger partial charge in [-0.25, -0.2) is 4.79 Å². The first kappa shape index (κ1) is 20.2. The second-order valence-electron chi connectivity index (χ2n) is 5.90. The van der Waals surface area contributed by atoms with Gasteiger partial charge in [-0.1, -0.05) is 38.3 Å². The predicted molar refractivity (Wildman–Crippen MR) is 97.3 cm³/mol. The Bertz CT molecular complexity index is 469. The van der Waals surface area contributed by atoms with E-state index in [4.69, 9.17) is 14.6 Å². The maximum atomic E-state index is 10.5. The second-order valence-corrected chi connectivity index (χ2v) is 5.90. The van der Waals surface area contributed by atoms with Crippen LogP contribution in [0, 0.1) is 5.92 Å². The Balaban J connectivity index is 2.46. The summed E-state index contributed by atoms with van der Waals surface area (Å²) in [6.07, 6.45) is 8.61. The lowest BCUT2D eigenvalue weighted by Crippen LogP contribution is -2.15. The van der Waals surface area contributed by atoms with Crippen LogP contribution < -0.4 is 4.74 Å². The maximum absolute atomic E-state index is 10.5. The number of benzene rings is 1. The van der Waals surface area contributed by atoms with Gasteiger partial charge in [0.05, 0.1) is 6.61 Å². The highest BCUT2D eigenvalue weighted by Crippen LogP contribution is 2.18. The van der Waals surface area contributed by atoms with Crippen molar-refractivity contribution in [1.82, 2.24) is 0 Å². The van der Waals surface area contributed by atoms with E-state index in [-0.39, 0.29) is 0 Å². The van der Waals surface area contributed by atoms with Crippen molar-refractivity contribution in [3.8, 4) is 5.75 Å². The monoisotopic (exact) mass is 334 g/mol. The van der Waals surface area contributed by atoms with Crippen LogP contribution in [0.5, 0.6) is 5.75 Å². The molecule has 1 N–H and O–H groups in total. The molecule has 0 aliphatic carbocycles. The topological polar surface area (TPSA) is 55.8 Å². The van der Waals surface area contributed by atoms with Crippen LogP contribution in [-0.2, 0) is 9.53 Å². The minimum absolute atomic E-state index is 0.509. The average molecular weight is 334 g/mol. The number of ether oxygens (including phenoxy) is 2. The molecule has 0 spiro atoms. The van der Waals surface area contributed by atoms with Crippen molar-refractivity contribution in [1.29, 1.82) is 0 Å². The van der Waals surface area contributed by atoms with Crippen molar-refractivity contribution in [3.63, 3.8) is 0 Å². The Morgan fingerprint density at radius 1 is 1.17 bits per heavy atom. The highest BCUT2D eigenvalue weighted by atomic mass is 16.5. The molecule has 0 radical (unpaired) electrons. The van der Waals surface area contributed by atoms with E-state index in [1.165, 1.54) is 25.7 Å². The van der Waals surface area contributed by atoms with E-state index in [2.05, 4.69) is 6.92 Å². The molecule has 1 rings (SSSR count). The summed E-state index contributed by atoms with van der Waals surface area (Å²) in [7, 11) is 0. The number of carboxylic acid groups (broad SMARTS) is 1. The zero-order valence-corrected chi connectivity index (χ0v) is 14.9. The number of hydrogen-bond donors (Lipinski definition) is 1. The molecular formula is C20H30O4. The largest absolute Gasteiger partial charge is 0.493 e. The molecule has 0 amide bonds. The lowest BCUT2D eigenvalue weighted by atomic mass is 9.99. The lowest BCUT2D eigenvalue weighted by Gasteiger charge is -2.17. The molecule has 1 aromatic rings. The van der Waals surface area contributed by atoms with Gasteiger partial charge in [-0.05, 0) is 49.5 Å². The van der Waals surface area contributed by atoms with Crippen molar-refractivity contribution in [3.05, 3.63) is 35.9 Å². The van der Waals surface area contributed by atoms with E-state index in [1.54, 1.807) is 6.08 Å². The van der Waals surface area contributed by atoms with Gasteiger partial charge in [0.15, 0.2) is 0 Å². The third-order valence-corrected chi connectivity index (χ3v) is 3.87. The van der Waals surface area contributed by atoms with Gasteiger partial charge in [-0.2, -0.15) is 0 Å². The maximum Gasteiger partial charge on any atom is 0.328 e. The van der Waals surface area contributed by atoms with Crippen LogP contribution in [-0.4, -0.2) is 30.9 Å². The van der Waals surface area contributed by atoms with Crippen molar-refractivity contribution in [2.75, 3.05) is 19.8 Å². The average Bonchev–Trinajstić information content (AvgIpc) is 2.58. The number of hydrogen-bond acceptors (Lipinski definition) is 3. The molecule has 0 saturated heterocycles. The third kappa shape index (κ3) is 9.36. The van der Waals surface area contributed by atoms with Gasteiger partial charge in [0, 0.05) is 19.3 Å². The fourth-order valence-electron chi connectivity index (χ4n) is 2.45. The molecule has 24 heavy (non-hydrogen) atoms. The summed E-state index contributed by atoms with van der Waals surface area (Å²) in [6, 6.07) is 7.49. The second kappa shape index (κ2) is 12.6. The molecular weight excluding hydrogens is 304 g/mol. The van der Waals surface area contributed by atoms with Crippen LogP contribution in [0.25, 0.3) is 6.08 Å². The standard InChI is InChI=1S/C20H30O4/c1-3-5-6-7-18(14-15-23-4-2)16-24-19-11-8-17(9-12-19)10-13-20(21)22/h8-13,18H,3-7,14-16H2,1-2H3,(H,21,22). The van der Waals surface area contributed by atoms with Gasteiger partial charge in [-0.3, -0.25) is 0 Å². The van der Waals surface area contributed by atoms with Crippen LogP contribution in [0.2, 0.25) is 0 Å². The van der Waals surface area contributed by atoms with Gasteiger partial charge in [0.25, 0.3) is 0 Å². The Kier molecular flexibility index (Phi) is 10.6. The fraction of sp³-hybridized carbons (Fsp3) is 0.550. The van der Waals surface area contributed by atoms with E-state index in [0.717, 1.165) is 37.0 Å². The van der Waals surface area contributed by atoms with E-state index in [1.807, 2.05) is 31.2 Å². The van der Waals surface area contributed by atoms with E-state index in [0.29, 0.717) is 12.5 Å². The Labute approximate surface area is 145 Å². The molecule has 4 nitrogen and oxygen atoms in total. The normalized spacial score (nSPS) is 12.4. The molecule has 0 heterocycles. The number of carboxylic acids is 1. The van der Waals surface area contributed by atoms with Crippen molar-refractivity contribution >= 4 is 12.0 Å². The van der Waals surface area contributed by atoms with Crippen LogP contribution in [0.15, 0.2) is 30.3 Å². The summed E-state index contributed by atoms with van der Waals surface area (Å²) in [5.41, 5.74) is 0.848. The van der Waals surface area contributed by atoms with E-state index >= 15 is 0 Å². The lowest BCUT2D eigenvalue weighted by molar-refractivity contribution is -0.131. The highest BCUT2D eigenvalue weighted by molar-refractivity contribution is 5.85. The third-order valence-electron chi connectivity index (χ3n) is 3.87. The Morgan fingerprint density at radius 3 is 2.54 bits per heavy atom. The number of aliphatic carboxylic acids is 1. The van der Waals surface area contributed by atoms with Crippen molar-refractivity contribution < 1.29 is 19.4 Å². The molecule has 0 bridgehead atoms.